The lowest BCUT2D eigenvalue weighted by Crippen LogP contribution is -2.42. The average Bonchev–Trinajstić information content (AvgIpc) is 2.56. The van der Waals surface area contributed by atoms with E-state index in [9.17, 15) is 4.79 Å². The van der Waals surface area contributed by atoms with Gasteiger partial charge >= 0.3 is 0 Å². The maximum absolute atomic E-state index is 12.0. The van der Waals surface area contributed by atoms with Crippen LogP contribution in [0.25, 0.3) is 0 Å². The van der Waals surface area contributed by atoms with Crippen LogP contribution in [0.1, 0.15) is 5.56 Å². The topological polar surface area (TPSA) is 56.7 Å². The summed E-state index contributed by atoms with van der Waals surface area (Å²) in [6.07, 6.45) is 0. The monoisotopic (exact) mass is 344 g/mol. The van der Waals surface area contributed by atoms with Crippen LogP contribution < -0.4 is 10.6 Å². The molecule has 24 heavy (non-hydrogen) atoms. The van der Waals surface area contributed by atoms with E-state index in [0.29, 0.717) is 17.5 Å². The Morgan fingerprint density at radius 1 is 1.17 bits per heavy atom. The Morgan fingerprint density at radius 3 is 2.58 bits per heavy atom. The number of benzene rings is 2. The lowest BCUT2D eigenvalue weighted by molar-refractivity contribution is -0.115. The summed E-state index contributed by atoms with van der Waals surface area (Å²) in [7, 11) is 3.59. The van der Waals surface area contributed by atoms with Crippen molar-refractivity contribution in [3.05, 3.63) is 65.2 Å². The van der Waals surface area contributed by atoms with Crippen LogP contribution in [0.3, 0.4) is 0 Å². The highest BCUT2D eigenvalue weighted by atomic mass is 35.5. The third kappa shape index (κ3) is 5.59. The first-order chi connectivity index (χ1) is 11.6. The van der Waals surface area contributed by atoms with Crippen LogP contribution in [0.2, 0.25) is 5.02 Å². The molecule has 0 aromatic heterocycles. The lowest BCUT2D eigenvalue weighted by atomic mass is 10.2. The Balaban J connectivity index is 1.86. The molecular weight excluding hydrogens is 324 g/mol. The molecule has 5 nitrogen and oxygen atoms in total. The van der Waals surface area contributed by atoms with Crippen molar-refractivity contribution in [3.8, 4) is 0 Å². The number of guanidine groups is 1. The number of amides is 1. The number of hydrogen-bond donors (Lipinski definition) is 2. The van der Waals surface area contributed by atoms with Gasteiger partial charge in [0.05, 0.1) is 6.54 Å². The average molecular weight is 345 g/mol. The number of rotatable bonds is 5. The first-order valence-electron chi connectivity index (χ1n) is 7.59. The molecule has 2 rings (SSSR count). The minimum absolute atomic E-state index is 0.126. The smallest absolute Gasteiger partial charge is 0.243 e. The summed E-state index contributed by atoms with van der Waals surface area (Å²) in [4.78, 5) is 18.1. The third-order valence-electron chi connectivity index (χ3n) is 3.35. The van der Waals surface area contributed by atoms with Gasteiger partial charge < -0.3 is 15.5 Å². The molecule has 0 spiro atoms. The zero-order valence-corrected chi connectivity index (χ0v) is 14.5. The number of aliphatic imine (C=N–C) groups is 1. The second kappa shape index (κ2) is 8.93. The fourth-order valence-electron chi connectivity index (χ4n) is 2.25. The van der Waals surface area contributed by atoms with E-state index in [1.165, 1.54) is 0 Å². The molecule has 0 atom stereocenters. The molecule has 0 aliphatic rings. The normalized spacial score (nSPS) is 11.0. The number of anilines is 1. The Hall–Kier alpha value is -2.53. The molecule has 2 aromatic carbocycles. The maximum Gasteiger partial charge on any atom is 0.243 e. The quantitative estimate of drug-likeness (QED) is 0.647. The predicted molar refractivity (Wildman–Crippen MR) is 99.4 cm³/mol. The highest BCUT2D eigenvalue weighted by Gasteiger charge is 2.09. The van der Waals surface area contributed by atoms with Crippen molar-refractivity contribution in [2.75, 3.05) is 26.0 Å². The van der Waals surface area contributed by atoms with E-state index in [1.54, 1.807) is 7.05 Å². The number of carbonyl (C=O) groups is 1. The minimum Gasteiger partial charge on any atom is -0.347 e. The Bertz CT molecular complexity index is 703. The van der Waals surface area contributed by atoms with Gasteiger partial charge in [0.25, 0.3) is 0 Å². The molecule has 0 heterocycles. The number of halogens is 1. The van der Waals surface area contributed by atoms with Crippen LogP contribution in [-0.2, 0) is 11.3 Å². The SMILES string of the molecule is CN=C(NCC(=O)Nc1ccccc1)N(C)Cc1cccc(Cl)c1. The Labute approximate surface area is 147 Å². The molecule has 0 bridgehead atoms. The molecular formula is C18H21ClN4O. The standard InChI is InChI=1S/C18H21ClN4O/c1-20-18(23(2)13-14-7-6-8-15(19)11-14)21-12-17(24)22-16-9-4-3-5-10-16/h3-11H,12-13H2,1-2H3,(H,20,21)(H,22,24). The van der Waals surface area contributed by atoms with Gasteiger partial charge in [0.1, 0.15) is 0 Å². The summed E-state index contributed by atoms with van der Waals surface area (Å²) in [5.74, 6) is 0.511. The van der Waals surface area contributed by atoms with E-state index < -0.39 is 0 Å². The molecule has 6 heteroatoms. The summed E-state index contributed by atoms with van der Waals surface area (Å²) in [5.41, 5.74) is 1.84. The number of carbonyl (C=O) groups excluding carboxylic acids is 1. The molecule has 0 saturated heterocycles. The number of para-hydroxylation sites is 1. The molecule has 0 radical (unpaired) electrons. The first kappa shape index (κ1) is 17.8. The van der Waals surface area contributed by atoms with Crippen molar-refractivity contribution in [1.82, 2.24) is 10.2 Å². The Morgan fingerprint density at radius 2 is 1.92 bits per heavy atom. The summed E-state index contributed by atoms with van der Waals surface area (Å²) in [6, 6.07) is 17.0. The highest BCUT2D eigenvalue weighted by Crippen LogP contribution is 2.12. The maximum atomic E-state index is 12.0. The van der Waals surface area contributed by atoms with Crippen molar-refractivity contribution in [2.24, 2.45) is 4.99 Å². The summed E-state index contributed by atoms with van der Waals surface area (Å²) < 4.78 is 0. The van der Waals surface area contributed by atoms with Crippen molar-refractivity contribution >= 4 is 29.2 Å². The van der Waals surface area contributed by atoms with Gasteiger partial charge in [0.15, 0.2) is 5.96 Å². The van der Waals surface area contributed by atoms with E-state index in [1.807, 2.05) is 66.5 Å². The molecule has 0 aliphatic carbocycles. The van der Waals surface area contributed by atoms with Gasteiger partial charge in [0, 0.05) is 31.4 Å². The van der Waals surface area contributed by atoms with E-state index in [4.69, 9.17) is 11.6 Å². The van der Waals surface area contributed by atoms with E-state index in [0.717, 1.165) is 11.3 Å². The van der Waals surface area contributed by atoms with E-state index in [2.05, 4.69) is 15.6 Å². The fraction of sp³-hybridized carbons (Fsp3) is 0.222. The molecule has 2 N–H and O–H groups in total. The van der Waals surface area contributed by atoms with Crippen LogP contribution in [0, 0.1) is 0 Å². The zero-order valence-electron chi connectivity index (χ0n) is 13.8. The van der Waals surface area contributed by atoms with E-state index in [-0.39, 0.29) is 12.5 Å². The van der Waals surface area contributed by atoms with Crippen LogP contribution in [0.15, 0.2) is 59.6 Å². The van der Waals surface area contributed by atoms with Gasteiger partial charge in [-0.2, -0.15) is 0 Å². The summed E-state index contributed by atoms with van der Waals surface area (Å²) >= 11 is 6.00. The van der Waals surface area contributed by atoms with Crippen molar-refractivity contribution < 1.29 is 4.79 Å². The first-order valence-corrected chi connectivity index (χ1v) is 7.97. The molecule has 0 aliphatic heterocycles. The van der Waals surface area contributed by atoms with E-state index >= 15 is 0 Å². The van der Waals surface area contributed by atoms with Gasteiger partial charge in [-0.25, -0.2) is 0 Å². The van der Waals surface area contributed by atoms with Gasteiger partial charge in [0.2, 0.25) is 5.91 Å². The molecule has 2 aromatic rings. The minimum atomic E-state index is -0.126. The Kier molecular flexibility index (Phi) is 6.63. The lowest BCUT2D eigenvalue weighted by Gasteiger charge is -2.22. The van der Waals surface area contributed by atoms with Crippen LogP contribution in [-0.4, -0.2) is 37.4 Å². The predicted octanol–water partition coefficient (Wildman–Crippen LogP) is 2.99. The second-order valence-corrected chi connectivity index (χ2v) is 5.74. The molecule has 1 amide bonds. The van der Waals surface area contributed by atoms with Gasteiger partial charge in [-0.05, 0) is 29.8 Å². The van der Waals surface area contributed by atoms with Crippen LogP contribution in [0.5, 0.6) is 0 Å². The zero-order chi connectivity index (χ0) is 17.4. The molecule has 126 valence electrons. The summed E-state index contributed by atoms with van der Waals surface area (Å²) in [5, 5.41) is 6.58. The molecule has 0 fully saturated rings. The molecule has 0 saturated carbocycles. The van der Waals surface area contributed by atoms with Crippen molar-refractivity contribution in [2.45, 2.75) is 6.54 Å². The number of nitrogens with zero attached hydrogens (tertiary/aromatic N) is 2. The largest absolute Gasteiger partial charge is 0.347 e. The number of hydrogen-bond acceptors (Lipinski definition) is 2. The number of nitrogens with one attached hydrogen (secondary N) is 2. The molecule has 0 unspecified atom stereocenters. The third-order valence-corrected chi connectivity index (χ3v) is 3.58. The van der Waals surface area contributed by atoms with Gasteiger partial charge in [-0.15, -0.1) is 0 Å². The van der Waals surface area contributed by atoms with Crippen LogP contribution in [0.4, 0.5) is 5.69 Å². The second-order valence-electron chi connectivity index (χ2n) is 5.30. The summed E-state index contributed by atoms with van der Waals surface area (Å²) in [6.45, 7) is 0.780. The highest BCUT2D eigenvalue weighted by molar-refractivity contribution is 6.30. The van der Waals surface area contributed by atoms with Crippen molar-refractivity contribution in [3.63, 3.8) is 0 Å². The van der Waals surface area contributed by atoms with Gasteiger partial charge in [-0.1, -0.05) is 41.9 Å². The van der Waals surface area contributed by atoms with Gasteiger partial charge in [-0.3, -0.25) is 9.79 Å². The van der Waals surface area contributed by atoms with Crippen molar-refractivity contribution in [1.29, 1.82) is 0 Å². The van der Waals surface area contributed by atoms with Crippen LogP contribution >= 0.6 is 11.6 Å². The fourth-order valence-corrected chi connectivity index (χ4v) is 2.47.